The molecule has 128 valence electrons. The predicted molar refractivity (Wildman–Crippen MR) is 95.0 cm³/mol. The first kappa shape index (κ1) is 15.9. The van der Waals surface area contributed by atoms with Crippen LogP contribution in [0, 0.1) is 11.8 Å². The molecule has 2 atom stereocenters. The minimum absolute atomic E-state index is 0.344. The first-order valence-corrected chi connectivity index (χ1v) is 8.18. The number of pyridine rings is 1. The fraction of sp³-hybridized carbons (Fsp3) is 0.150. The van der Waals surface area contributed by atoms with Gasteiger partial charge < -0.3 is 10.1 Å². The number of nitrogens with zero attached hydrogens (tertiary/aromatic N) is 3. The van der Waals surface area contributed by atoms with Crippen LogP contribution >= 0.6 is 0 Å². The van der Waals surface area contributed by atoms with E-state index >= 15 is 0 Å². The molecule has 3 aromatic rings. The molecule has 0 saturated carbocycles. The molecule has 1 aromatic carbocycles. The van der Waals surface area contributed by atoms with Crippen LogP contribution in [0.25, 0.3) is 0 Å². The van der Waals surface area contributed by atoms with E-state index in [9.17, 15) is 4.79 Å². The Labute approximate surface area is 150 Å². The van der Waals surface area contributed by atoms with Crippen molar-refractivity contribution in [3.63, 3.8) is 0 Å². The first-order valence-electron chi connectivity index (χ1n) is 8.18. The SMILES string of the molecule is Cn1nccc1C1OC(=O)NC1c1cncc(C#Cc2ccccc2)c1. The summed E-state index contributed by atoms with van der Waals surface area (Å²) in [4.78, 5) is 16.1. The number of carbonyl (C=O) groups excluding carboxylic acids is 1. The molecule has 0 radical (unpaired) electrons. The second-order valence-electron chi connectivity index (χ2n) is 5.95. The lowest BCUT2D eigenvalue weighted by atomic mass is 10.0. The standard InChI is InChI=1S/C20H16N4O2/c1-24-17(9-10-22-24)19-18(23-20(25)26-19)16-11-15(12-21-13-16)8-7-14-5-3-2-4-6-14/h2-6,9-13,18-19H,1H3,(H,23,25). The van der Waals surface area contributed by atoms with Gasteiger partial charge in [-0.15, -0.1) is 0 Å². The summed E-state index contributed by atoms with van der Waals surface area (Å²) < 4.78 is 7.15. The third-order valence-electron chi connectivity index (χ3n) is 4.20. The van der Waals surface area contributed by atoms with Gasteiger partial charge in [0.1, 0.15) is 6.04 Å². The zero-order valence-corrected chi connectivity index (χ0v) is 14.1. The van der Waals surface area contributed by atoms with Crippen molar-refractivity contribution in [3.05, 3.63) is 83.4 Å². The maximum atomic E-state index is 11.8. The molecular formula is C20H16N4O2. The molecule has 1 saturated heterocycles. The van der Waals surface area contributed by atoms with Crippen molar-refractivity contribution < 1.29 is 9.53 Å². The van der Waals surface area contributed by atoms with Gasteiger partial charge in [0.2, 0.25) is 0 Å². The highest BCUT2D eigenvalue weighted by Crippen LogP contribution is 2.36. The van der Waals surface area contributed by atoms with Crippen LogP contribution in [0.1, 0.15) is 34.5 Å². The number of benzene rings is 1. The molecule has 1 aliphatic rings. The topological polar surface area (TPSA) is 69.0 Å². The maximum absolute atomic E-state index is 11.8. The van der Waals surface area contributed by atoms with Crippen LogP contribution < -0.4 is 5.32 Å². The van der Waals surface area contributed by atoms with E-state index in [1.54, 1.807) is 23.3 Å². The van der Waals surface area contributed by atoms with Crippen molar-refractivity contribution in [2.75, 3.05) is 0 Å². The number of aryl methyl sites for hydroxylation is 1. The Bertz CT molecular complexity index is 1000. The van der Waals surface area contributed by atoms with E-state index in [2.05, 4.69) is 27.2 Å². The summed E-state index contributed by atoms with van der Waals surface area (Å²) in [6.45, 7) is 0. The van der Waals surface area contributed by atoms with E-state index in [0.717, 1.165) is 22.4 Å². The summed E-state index contributed by atoms with van der Waals surface area (Å²) in [6.07, 6.45) is 4.18. The lowest BCUT2D eigenvalue weighted by Crippen LogP contribution is -2.20. The average molecular weight is 344 g/mol. The second kappa shape index (κ2) is 6.73. The zero-order chi connectivity index (χ0) is 17.9. The summed E-state index contributed by atoms with van der Waals surface area (Å²) in [5, 5.41) is 7.00. The van der Waals surface area contributed by atoms with Crippen LogP contribution in [0.15, 0.2) is 61.1 Å². The van der Waals surface area contributed by atoms with Crippen molar-refractivity contribution in [1.82, 2.24) is 20.1 Å². The molecule has 6 nitrogen and oxygen atoms in total. The Kier molecular flexibility index (Phi) is 4.12. The minimum atomic E-state index is -0.464. The van der Waals surface area contributed by atoms with E-state index in [0.29, 0.717) is 0 Å². The van der Waals surface area contributed by atoms with Crippen LogP contribution in [-0.4, -0.2) is 20.9 Å². The quantitative estimate of drug-likeness (QED) is 0.726. The highest BCUT2D eigenvalue weighted by atomic mass is 16.6. The number of cyclic esters (lactones) is 1. The number of alkyl carbamates (subject to hydrolysis) is 1. The second-order valence-corrected chi connectivity index (χ2v) is 5.95. The summed E-state index contributed by atoms with van der Waals surface area (Å²) >= 11 is 0. The van der Waals surface area contributed by atoms with Crippen LogP contribution in [0.5, 0.6) is 0 Å². The Morgan fingerprint density at radius 1 is 1.12 bits per heavy atom. The molecule has 26 heavy (non-hydrogen) atoms. The number of aromatic nitrogens is 3. The van der Waals surface area contributed by atoms with Gasteiger partial charge in [-0.2, -0.15) is 5.10 Å². The maximum Gasteiger partial charge on any atom is 0.408 e. The molecule has 1 fully saturated rings. The fourth-order valence-corrected chi connectivity index (χ4v) is 2.93. The monoisotopic (exact) mass is 344 g/mol. The molecule has 1 aliphatic heterocycles. The van der Waals surface area contributed by atoms with Gasteiger partial charge in [-0.25, -0.2) is 4.79 Å². The number of nitrogens with one attached hydrogen (secondary N) is 1. The third kappa shape index (κ3) is 3.15. The lowest BCUT2D eigenvalue weighted by Gasteiger charge is -2.17. The van der Waals surface area contributed by atoms with Crippen molar-refractivity contribution in [2.24, 2.45) is 7.05 Å². The smallest absolute Gasteiger partial charge is 0.408 e. The highest BCUT2D eigenvalue weighted by molar-refractivity contribution is 5.71. The van der Waals surface area contributed by atoms with E-state index in [1.165, 1.54) is 0 Å². The number of hydrogen-bond acceptors (Lipinski definition) is 4. The van der Waals surface area contributed by atoms with Crippen LogP contribution in [0.2, 0.25) is 0 Å². The summed E-state index contributed by atoms with van der Waals surface area (Å²) in [5.74, 6) is 6.23. The minimum Gasteiger partial charge on any atom is -0.437 e. The number of hydrogen-bond donors (Lipinski definition) is 1. The normalized spacial score (nSPS) is 18.6. The van der Waals surface area contributed by atoms with Gasteiger partial charge in [-0.3, -0.25) is 9.67 Å². The molecule has 2 unspecified atom stereocenters. The Morgan fingerprint density at radius 2 is 1.92 bits per heavy atom. The molecule has 0 aliphatic carbocycles. The Balaban J connectivity index is 1.64. The third-order valence-corrected chi connectivity index (χ3v) is 4.20. The van der Waals surface area contributed by atoms with Crippen molar-refractivity contribution >= 4 is 6.09 Å². The van der Waals surface area contributed by atoms with E-state index in [1.807, 2.05) is 49.5 Å². The number of rotatable bonds is 2. The van der Waals surface area contributed by atoms with E-state index in [4.69, 9.17) is 4.74 Å². The Hall–Kier alpha value is -3.59. The molecule has 1 N–H and O–H groups in total. The molecular weight excluding hydrogens is 328 g/mol. The predicted octanol–water partition coefficient (Wildman–Crippen LogP) is 2.74. The average Bonchev–Trinajstić information content (AvgIpc) is 3.26. The molecule has 6 heteroatoms. The van der Waals surface area contributed by atoms with Gasteiger partial charge >= 0.3 is 6.09 Å². The van der Waals surface area contributed by atoms with Gasteiger partial charge in [-0.1, -0.05) is 30.0 Å². The molecule has 1 amide bonds. The van der Waals surface area contributed by atoms with Crippen LogP contribution in [0.4, 0.5) is 4.79 Å². The highest BCUT2D eigenvalue weighted by Gasteiger charge is 2.38. The number of ether oxygens (including phenoxy) is 1. The molecule has 3 heterocycles. The molecule has 2 aromatic heterocycles. The van der Waals surface area contributed by atoms with Gasteiger partial charge in [0.25, 0.3) is 0 Å². The number of amides is 1. The lowest BCUT2D eigenvalue weighted by molar-refractivity contribution is 0.127. The van der Waals surface area contributed by atoms with Gasteiger partial charge in [0, 0.05) is 36.8 Å². The van der Waals surface area contributed by atoms with E-state index < -0.39 is 12.2 Å². The largest absolute Gasteiger partial charge is 0.437 e. The zero-order valence-electron chi connectivity index (χ0n) is 14.1. The van der Waals surface area contributed by atoms with Crippen molar-refractivity contribution in [2.45, 2.75) is 12.1 Å². The van der Waals surface area contributed by atoms with Crippen molar-refractivity contribution in [3.8, 4) is 11.8 Å². The summed E-state index contributed by atoms with van der Waals surface area (Å²) in [6, 6.07) is 13.2. The van der Waals surface area contributed by atoms with Crippen LogP contribution in [-0.2, 0) is 11.8 Å². The summed E-state index contributed by atoms with van der Waals surface area (Å²) in [7, 11) is 1.82. The first-order chi connectivity index (χ1) is 12.7. The van der Waals surface area contributed by atoms with Gasteiger partial charge in [-0.05, 0) is 29.8 Å². The van der Waals surface area contributed by atoms with Gasteiger partial charge in [0.05, 0.1) is 5.69 Å². The molecule has 4 rings (SSSR count). The summed E-state index contributed by atoms with van der Waals surface area (Å²) in [5.41, 5.74) is 3.36. The molecule has 0 bridgehead atoms. The van der Waals surface area contributed by atoms with Gasteiger partial charge in [0.15, 0.2) is 6.10 Å². The Morgan fingerprint density at radius 3 is 2.69 bits per heavy atom. The molecule has 0 spiro atoms. The van der Waals surface area contributed by atoms with E-state index in [-0.39, 0.29) is 6.04 Å². The number of carbonyl (C=O) groups is 1. The fourth-order valence-electron chi connectivity index (χ4n) is 2.93. The van der Waals surface area contributed by atoms with Crippen molar-refractivity contribution in [1.29, 1.82) is 0 Å². The van der Waals surface area contributed by atoms with Crippen LogP contribution in [0.3, 0.4) is 0 Å².